The molecular weight excluding hydrogens is 675 g/mol. The molecule has 0 radical (unpaired) electrons. The Morgan fingerprint density at radius 3 is 2.55 bits per heavy atom. The minimum Gasteiger partial charge on any atom is -0.361 e. The highest BCUT2D eigenvalue weighted by Crippen LogP contribution is 2.44. The van der Waals surface area contributed by atoms with E-state index in [9.17, 15) is 19.6 Å². The van der Waals surface area contributed by atoms with Crippen molar-refractivity contribution in [2.24, 2.45) is 11.3 Å². The Bertz CT molecular complexity index is 2150. The van der Waals surface area contributed by atoms with Gasteiger partial charge < -0.3 is 20.9 Å². The van der Waals surface area contributed by atoms with Gasteiger partial charge in [0.1, 0.15) is 16.8 Å². The zero-order chi connectivity index (χ0) is 36.1. The van der Waals surface area contributed by atoms with Crippen molar-refractivity contribution in [3.05, 3.63) is 118 Å². The Balaban J connectivity index is 1.18. The first-order chi connectivity index (χ1) is 24.5. The van der Waals surface area contributed by atoms with Crippen LogP contribution in [0.25, 0.3) is 17.0 Å². The number of anilines is 2. The van der Waals surface area contributed by atoms with Gasteiger partial charge in [0, 0.05) is 43.7 Å². The molecule has 1 aliphatic carbocycles. The molecule has 260 valence electrons. The lowest BCUT2D eigenvalue weighted by Crippen LogP contribution is -2.30. The average Bonchev–Trinajstić information content (AvgIpc) is 3.70. The number of H-pyrrole nitrogens is 1. The number of hydrogen-bond donors (Lipinski definition) is 4. The van der Waals surface area contributed by atoms with Gasteiger partial charge in [-0.1, -0.05) is 70.2 Å². The third-order valence-corrected chi connectivity index (χ3v) is 11.8. The standard InChI is InChI=1S/C41H41N5O3S2/c1-5-35(39(49)46-40-32(23-42)31-19-18-27(41(2,3)4)21-36(31)51-40)50-29-15-11-14-28(22-29)44-38(48)34(45-37(47)25-12-7-6-8-13-25)20-26-24-43-33-17-10-9-16-30(26)33/h6-17,20,22,24,27,35,43H,5,18-19,21H2,1-4H3,(H,44,48)(H,45,47)(H,46,49)/b34-20-. The van der Waals surface area contributed by atoms with Crippen molar-refractivity contribution in [1.82, 2.24) is 10.3 Å². The van der Waals surface area contributed by atoms with Gasteiger partial charge in [-0.3, -0.25) is 14.4 Å². The minimum absolute atomic E-state index is 0.0817. The van der Waals surface area contributed by atoms with Crippen LogP contribution >= 0.6 is 23.1 Å². The maximum Gasteiger partial charge on any atom is 0.272 e. The summed E-state index contributed by atoms with van der Waals surface area (Å²) in [5.74, 6) is -0.522. The van der Waals surface area contributed by atoms with E-state index in [0.29, 0.717) is 34.2 Å². The number of para-hydroxylation sites is 1. The quantitative estimate of drug-likeness (QED) is 0.0848. The van der Waals surface area contributed by atoms with Crippen molar-refractivity contribution in [3.63, 3.8) is 0 Å². The van der Waals surface area contributed by atoms with Crippen LogP contribution in [-0.4, -0.2) is 28.0 Å². The highest BCUT2D eigenvalue weighted by molar-refractivity contribution is 8.00. The lowest BCUT2D eigenvalue weighted by molar-refractivity contribution is -0.116. The van der Waals surface area contributed by atoms with Gasteiger partial charge in [0.15, 0.2) is 0 Å². The van der Waals surface area contributed by atoms with Crippen molar-refractivity contribution in [2.75, 3.05) is 10.6 Å². The molecule has 4 N–H and O–H groups in total. The fourth-order valence-electron chi connectivity index (χ4n) is 6.37. The van der Waals surface area contributed by atoms with E-state index in [0.717, 1.165) is 46.2 Å². The highest BCUT2D eigenvalue weighted by Gasteiger charge is 2.33. The molecule has 2 heterocycles. The van der Waals surface area contributed by atoms with E-state index in [2.05, 4.69) is 47.8 Å². The number of aromatic amines is 1. The number of carbonyl (C=O) groups is 3. The summed E-state index contributed by atoms with van der Waals surface area (Å²) in [5.41, 5.74) is 4.55. The van der Waals surface area contributed by atoms with E-state index >= 15 is 0 Å². The molecule has 0 spiro atoms. The van der Waals surface area contributed by atoms with E-state index in [1.807, 2.05) is 55.5 Å². The summed E-state index contributed by atoms with van der Waals surface area (Å²) in [7, 11) is 0. The number of rotatable bonds is 10. The molecule has 8 nitrogen and oxygen atoms in total. The number of nitrogens with zero attached hydrogens (tertiary/aromatic N) is 1. The second-order valence-corrected chi connectivity index (χ2v) is 16.2. The molecule has 10 heteroatoms. The van der Waals surface area contributed by atoms with Crippen LogP contribution in [0.2, 0.25) is 0 Å². The van der Waals surface area contributed by atoms with E-state index in [-0.39, 0.29) is 17.0 Å². The van der Waals surface area contributed by atoms with Crippen molar-refractivity contribution >= 4 is 68.5 Å². The topological polar surface area (TPSA) is 127 Å². The van der Waals surface area contributed by atoms with Crippen molar-refractivity contribution in [1.29, 1.82) is 5.26 Å². The molecule has 3 amide bonds. The summed E-state index contributed by atoms with van der Waals surface area (Å²) in [4.78, 5) is 45.7. The average molecular weight is 716 g/mol. The Kier molecular flexibility index (Phi) is 10.8. The first-order valence-corrected chi connectivity index (χ1v) is 18.8. The second-order valence-electron chi connectivity index (χ2n) is 13.8. The van der Waals surface area contributed by atoms with Crippen LogP contribution in [0, 0.1) is 22.7 Å². The molecule has 3 aromatic carbocycles. The van der Waals surface area contributed by atoms with Gasteiger partial charge in [-0.15, -0.1) is 23.1 Å². The van der Waals surface area contributed by atoms with E-state index in [1.165, 1.54) is 28.0 Å². The Hall–Kier alpha value is -5.11. The third-order valence-electron chi connectivity index (χ3n) is 9.32. The number of benzene rings is 3. The number of nitriles is 1. The first kappa shape index (κ1) is 35.7. The van der Waals surface area contributed by atoms with Gasteiger partial charge in [-0.2, -0.15) is 5.26 Å². The van der Waals surface area contributed by atoms with Crippen molar-refractivity contribution < 1.29 is 14.4 Å². The molecule has 0 saturated carbocycles. The molecule has 6 rings (SSSR count). The van der Waals surface area contributed by atoms with Crippen LogP contribution in [0.5, 0.6) is 0 Å². The molecule has 0 bridgehead atoms. The third kappa shape index (κ3) is 8.28. The molecule has 0 aliphatic heterocycles. The normalized spacial score (nSPS) is 15.0. The largest absolute Gasteiger partial charge is 0.361 e. The lowest BCUT2D eigenvalue weighted by atomic mass is 9.72. The summed E-state index contributed by atoms with van der Waals surface area (Å²) in [6.45, 7) is 8.74. The molecule has 5 aromatic rings. The monoisotopic (exact) mass is 715 g/mol. The van der Waals surface area contributed by atoms with Crippen LogP contribution in [-0.2, 0) is 22.4 Å². The summed E-state index contributed by atoms with van der Waals surface area (Å²) in [6.07, 6.45) is 6.84. The molecule has 2 unspecified atom stereocenters. The van der Waals surface area contributed by atoms with Crippen LogP contribution in [0.4, 0.5) is 10.7 Å². The van der Waals surface area contributed by atoms with Gasteiger partial charge in [-0.25, -0.2) is 0 Å². The number of thiophene rings is 1. The number of amides is 3. The van der Waals surface area contributed by atoms with Gasteiger partial charge in [0.2, 0.25) is 5.91 Å². The maximum absolute atomic E-state index is 13.8. The zero-order valence-corrected chi connectivity index (χ0v) is 30.8. The summed E-state index contributed by atoms with van der Waals surface area (Å²) in [6, 6.07) is 26.1. The van der Waals surface area contributed by atoms with E-state index < -0.39 is 17.1 Å². The van der Waals surface area contributed by atoms with Gasteiger partial charge >= 0.3 is 0 Å². The maximum atomic E-state index is 13.8. The lowest BCUT2D eigenvalue weighted by Gasteiger charge is -2.33. The Morgan fingerprint density at radius 1 is 1.04 bits per heavy atom. The number of hydrogen-bond acceptors (Lipinski definition) is 6. The highest BCUT2D eigenvalue weighted by atomic mass is 32.2. The van der Waals surface area contributed by atoms with Crippen molar-refractivity contribution in [3.8, 4) is 6.07 Å². The zero-order valence-electron chi connectivity index (χ0n) is 29.1. The predicted octanol–water partition coefficient (Wildman–Crippen LogP) is 9.17. The fraction of sp³-hybridized carbons (Fsp3) is 0.268. The SMILES string of the molecule is CCC(Sc1cccc(NC(=O)/C(=C/c2c[nH]c3ccccc23)NC(=O)c2ccccc2)c1)C(=O)Nc1sc2c(c1C#N)CCC(C(C)(C)C)C2. The number of fused-ring (bicyclic) bond motifs is 2. The second kappa shape index (κ2) is 15.4. The molecule has 1 aliphatic rings. The minimum atomic E-state index is -0.490. The number of thioether (sulfide) groups is 1. The number of aromatic nitrogens is 1. The van der Waals surface area contributed by atoms with Gasteiger partial charge in [0.25, 0.3) is 11.8 Å². The summed E-state index contributed by atoms with van der Waals surface area (Å²) >= 11 is 2.94. The fourth-order valence-corrected chi connectivity index (χ4v) is 8.66. The van der Waals surface area contributed by atoms with Gasteiger partial charge in [0.05, 0.1) is 10.8 Å². The molecule has 2 aromatic heterocycles. The van der Waals surface area contributed by atoms with Crippen LogP contribution in [0.15, 0.2) is 95.7 Å². The number of nitrogens with one attached hydrogen (secondary N) is 4. The first-order valence-electron chi connectivity index (χ1n) is 17.1. The molecule has 0 saturated heterocycles. The van der Waals surface area contributed by atoms with Crippen LogP contribution < -0.4 is 16.0 Å². The van der Waals surface area contributed by atoms with Gasteiger partial charge in [-0.05, 0) is 85.1 Å². The van der Waals surface area contributed by atoms with Crippen LogP contribution in [0.3, 0.4) is 0 Å². The smallest absolute Gasteiger partial charge is 0.272 e. The summed E-state index contributed by atoms with van der Waals surface area (Å²) in [5, 5.41) is 20.0. The Morgan fingerprint density at radius 2 is 1.80 bits per heavy atom. The molecule has 51 heavy (non-hydrogen) atoms. The molecular formula is C41H41N5O3S2. The predicted molar refractivity (Wildman–Crippen MR) is 208 cm³/mol. The molecule has 0 fully saturated rings. The van der Waals surface area contributed by atoms with E-state index in [1.54, 1.807) is 42.6 Å². The number of carbonyl (C=O) groups excluding carboxylic acids is 3. The van der Waals surface area contributed by atoms with Crippen LogP contribution in [0.1, 0.15) is 72.5 Å². The summed E-state index contributed by atoms with van der Waals surface area (Å²) < 4.78 is 0. The Labute approximate surface area is 306 Å². The molecule has 2 atom stereocenters. The van der Waals surface area contributed by atoms with E-state index in [4.69, 9.17) is 0 Å². The van der Waals surface area contributed by atoms with Crippen molar-refractivity contribution in [2.45, 2.75) is 63.5 Å².